The molecule has 1 N–H and O–H groups in total. The maximum absolute atomic E-state index is 9.89. The summed E-state index contributed by atoms with van der Waals surface area (Å²) in [5, 5.41) is 9.89. The molecule has 0 aromatic rings. The van der Waals surface area contributed by atoms with E-state index in [4.69, 9.17) is 0 Å². The van der Waals surface area contributed by atoms with Crippen molar-refractivity contribution < 1.29 is 5.11 Å². The van der Waals surface area contributed by atoms with E-state index in [0.717, 1.165) is 30.6 Å². The first-order valence-corrected chi connectivity index (χ1v) is 9.71. The largest absolute Gasteiger partial charge is 0.390 e. The Morgan fingerprint density at radius 3 is 2.76 bits per heavy atom. The summed E-state index contributed by atoms with van der Waals surface area (Å²) in [7, 11) is 0. The SMILES string of the molecule is C[C@H](CCCC(C)(C)O)C1CC[C@H]2/C(=C/Br)CCC[C@]12C. The van der Waals surface area contributed by atoms with Gasteiger partial charge in [0.2, 0.25) is 0 Å². The van der Waals surface area contributed by atoms with Gasteiger partial charge >= 0.3 is 0 Å². The molecule has 2 saturated carbocycles. The fourth-order valence-electron chi connectivity index (χ4n) is 5.20. The Bertz CT molecular complexity index is 382. The molecule has 2 rings (SSSR count). The van der Waals surface area contributed by atoms with Crippen molar-refractivity contribution in [3.8, 4) is 0 Å². The van der Waals surface area contributed by atoms with Crippen molar-refractivity contribution in [3.05, 3.63) is 10.6 Å². The molecule has 0 aromatic carbocycles. The minimum Gasteiger partial charge on any atom is -0.390 e. The van der Waals surface area contributed by atoms with E-state index in [1.807, 2.05) is 13.8 Å². The van der Waals surface area contributed by atoms with Crippen LogP contribution in [0.3, 0.4) is 0 Å². The smallest absolute Gasteiger partial charge is 0.0591 e. The van der Waals surface area contributed by atoms with E-state index in [-0.39, 0.29) is 0 Å². The molecule has 2 fully saturated rings. The van der Waals surface area contributed by atoms with Crippen LogP contribution in [0.25, 0.3) is 0 Å². The second kappa shape index (κ2) is 6.74. The lowest BCUT2D eigenvalue weighted by atomic mass is 9.61. The molecule has 4 atom stereocenters. The summed E-state index contributed by atoms with van der Waals surface area (Å²) in [4.78, 5) is 2.22. The summed E-state index contributed by atoms with van der Waals surface area (Å²) in [5.74, 6) is 2.47. The number of fused-ring (bicyclic) bond motifs is 1. The third-order valence-electron chi connectivity index (χ3n) is 6.31. The van der Waals surface area contributed by atoms with Crippen molar-refractivity contribution >= 4 is 15.9 Å². The molecule has 1 unspecified atom stereocenters. The van der Waals surface area contributed by atoms with Crippen LogP contribution in [0.5, 0.6) is 0 Å². The number of hydrogen-bond acceptors (Lipinski definition) is 1. The molecule has 0 heterocycles. The molecule has 0 bridgehead atoms. The van der Waals surface area contributed by atoms with E-state index >= 15 is 0 Å². The number of allylic oxidation sites excluding steroid dienone is 1. The van der Waals surface area contributed by atoms with Crippen LogP contribution >= 0.6 is 15.9 Å². The molecular formula is C19H33BrO. The lowest BCUT2D eigenvalue weighted by Gasteiger charge is -2.44. The zero-order valence-corrected chi connectivity index (χ0v) is 15.9. The molecule has 21 heavy (non-hydrogen) atoms. The maximum atomic E-state index is 9.89. The van der Waals surface area contributed by atoms with Gasteiger partial charge in [-0.1, -0.05) is 48.2 Å². The third-order valence-corrected chi connectivity index (χ3v) is 6.90. The first-order valence-electron chi connectivity index (χ1n) is 8.79. The van der Waals surface area contributed by atoms with Gasteiger partial charge in [0.1, 0.15) is 0 Å². The van der Waals surface area contributed by atoms with Crippen LogP contribution in [0.4, 0.5) is 0 Å². The third kappa shape index (κ3) is 3.93. The predicted octanol–water partition coefficient (Wildman–Crippen LogP) is 6.06. The van der Waals surface area contributed by atoms with Crippen LogP contribution in [0.1, 0.15) is 79.1 Å². The van der Waals surface area contributed by atoms with Crippen molar-refractivity contribution in [2.45, 2.75) is 84.7 Å². The quantitative estimate of drug-likeness (QED) is 0.634. The van der Waals surface area contributed by atoms with E-state index < -0.39 is 5.60 Å². The van der Waals surface area contributed by atoms with Crippen molar-refractivity contribution in [1.82, 2.24) is 0 Å². The fourth-order valence-corrected chi connectivity index (χ4v) is 5.75. The molecule has 2 aliphatic rings. The average Bonchev–Trinajstić information content (AvgIpc) is 2.73. The van der Waals surface area contributed by atoms with Gasteiger partial charge < -0.3 is 5.11 Å². The minimum absolute atomic E-state index is 0.501. The van der Waals surface area contributed by atoms with Gasteiger partial charge in [-0.3, -0.25) is 0 Å². The lowest BCUT2D eigenvalue weighted by Crippen LogP contribution is -2.36. The second-order valence-corrected chi connectivity index (χ2v) is 8.92. The molecule has 0 saturated heterocycles. The van der Waals surface area contributed by atoms with E-state index in [1.165, 1.54) is 38.5 Å². The van der Waals surface area contributed by atoms with Crippen LogP contribution in [0.15, 0.2) is 10.6 Å². The van der Waals surface area contributed by atoms with Gasteiger partial charge in [0.15, 0.2) is 0 Å². The Balaban J connectivity index is 1.97. The highest BCUT2D eigenvalue weighted by atomic mass is 79.9. The Kier molecular flexibility index (Phi) is 5.63. The Hall–Kier alpha value is 0.180. The number of halogens is 1. The number of hydrogen-bond donors (Lipinski definition) is 1. The van der Waals surface area contributed by atoms with E-state index in [1.54, 1.807) is 5.57 Å². The van der Waals surface area contributed by atoms with Crippen molar-refractivity contribution in [3.63, 3.8) is 0 Å². The summed E-state index contributed by atoms with van der Waals surface area (Å²) in [6.45, 7) is 8.86. The van der Waals surface area contributed by atoms with Crippen LogP contribution < -0.4 is 0 Å². The van der Waals surface area contributed by atoms with Crippen LogP contribution in [-0.2, 0) is 0 Å². The summed E-state index contributed by atoms with van der Waals surface area (Å²) in [6.07, 6.45) is 10.2. The highest BCUT2D eigenvalue weighted by molar-refractivity contribution is 9.11. The second-order valence-electron chi connectivity index (χ2n) is 8.46. The highest BCUT2D eigenvalue weighted by Gasteiger charge is 2.50. The van der Waals surface area contributed by atoms with Crippen molar-refractivity contribution in [2.24, 2.45) is 23.2 Å². The lowest BCUT2D eigenvalue weighted by molar-refractivity contribution is 0.0597. The maximum Gasteiger partial charge on any atom is 0.0591 e. The van der Waals surface area contributed by atoms with Gasteiger partial charge in [0, 0.05) is 0 Å². The molecule has 2 aliphatic carbocycles. The molecule has 0 spiro atoms. The summed E-state index contributed by atoms with van der Waals surface area (Å²) >= 11 is 3.60. The zero-order valence-electron chi connectivity index (χ0n) is 14.3. The summed E-state index contributed by atoms with van der Waals surface area (Å²) in [5.41, 5.74) is 1.68. The molecule has 1 nitrogen and oxygen atoms in total. The van der Waals surface area contributed by atoms with Gasteiger partial charge in [0.05, 0.1) is 5.60 Å². The molecule has 0 amide bonds. The first-order chi connectivity index (χ1) is 9.78. The molecule has 122 valence electrons. The van der Waals surface area contributed by atoms with Gasteiger partial charge in [-0.2, -0.15) is 0 Å². The van der Waals surface area contributed by atoms with Crippen LogP contribution in [0, 0.1) is 23.2 Å². The van der Waals surface area contributed by atoms with Gasteiger partial charge in [0.25, 0.3) is 0 Å². The summed E-state index contributed by atoms with van der Waals surface area (Å²) in [6, 6.07) is 0. The van der Waals surface area contributed by atoms with Gasteiger partial charge in [-0.05, 0) is 80.5 Å². The van der Waals surface area contributed by atoms with Crippen molar-refractivity contribution in [2.75, 3.05) is 0 Å². The first kappa shape index (κ1) is 17.5. The minimum atomic E-state index is -0.501. The molecule has 0 aliphatic heterocycles. The van der Waals surface area contributed by atoms with Crippen molar-refractivity contribution in [1.29, 1.82) is 0 Å². The molecule has 2 heteroatoms. The fraction of sp³-hybridized carbons (Fsp3) is 0.895. The number of rotatable bonds is 5. The molecular weight excluding hydrogens is 324 g/mol. The molecule has 0 radical (unpaired) electrons. The molecule has 0 aromatic heterocycles. The van der Waals surface area contributed by atoms with Gasteiger partial charge in [-0.15, -0.1) is 0 Å². The number of aliphatic hydroxyl groups is 1. The Labute approximate surface area is 139 Å². The summed E-state index contributed by atoms with van der Waals surface area (Å²) < 4.78 is 0. The predicted molar refractivity (Wildman–Crippen MR) is 94.5 cm³/mol. The topological polar surface area (TPSA) is 20.2 Å². The highest BCUT2D eigenvalue weighted by Crippen LogP contribution is 2.59. The van der Waals surface area contributed by atoms with Crippen LogP contribution in [-0.4, -0.2) is 10.7 Å². The van der Waals surface area contributed by atoms with E-state index in [2.05, 4.69) is 34.8 Å². The van der Waals surface area contributed by atoms with Crippen LogP contribution in [0.2, 0.25) is 0 Å². The Morgan fingerprint density at radius 1 is 1.43 bits per heavy atom. The normalized spacial score (nSPS) is 36.8. The van der Waals surface area contributed by atoms with Gasteiger partial charge in [-0.25, -0.2) is 0 Å². The standard InChI is InChI=1S/C19H33BrO/c1-14(7-5-11-18(2,3)21)16-9-10-17-15(13-20)8-6-12-19(16,17)4/h13-14,16-17,21H,5-12H2,1-4H3/b15-13+/t14-,16?,17+,19-/m1/s1. The van der Waals surface area contributed by atoms with E-state index in [0.29, 0.717) is 5.41 Å². The van der Waals surface area contributed by atoms with E-state index in [9.17, 15) is 5.11 Å². The monoisotopic (exact) mass is 356 g/mol. The Morgan fingerprint density at radius 2 is 2.14 bits per heavy atom. The zero-order chi connectivity index (χ0) is 15.7. The average molecular weight is 357 g/mol.